The van der Waals surface area contributed by atoms with Gasteiger partial charge in [-0.25, -0.2) is 0 Å². The van der Waals surface area contributed by atoms with Gasteiger partial charge in [0, 0.05) is 43.5 Å². The van der Waals surface area contributed by atoms with E-state index >= 15 is 0 Å². The Hall–Kier alpha value is -3.46. The van der Waals surface area contributed by atoms with Gasteiger partial charge in [0.05, 0.1) is 17.9 Å². The van der Waals surface area contributed by atoms with E-state index < -0.39 is 29.6 Å². The first-order valence-corrected chi connectivity index (χ1v) is 14.7. The highest BCUT2D eigenvalue weighted by molar-refractivity contribution is 6.30. The van der Waals surface area contributed by atoms with Crippen molar-refractivity contribution in [2.75, 3.05) is 31.1 Å². The lowest BCUT2D eigenvalue weighted by Gasteiger charge is -2.35. The third-order valence-corrected chi connectivity index (χ3v) is 8.91. The maximum absolute atomic E-state index is 14.4. The Morgan fingerprint density at radius 2 is 1.68 bits per heavy atom. The van der Waals surface area contributed by atoms with Crippen molar-refractivity contribution in [3.8, 4) is 0 Å². The van der Waals surface area contributed by atoms with E-state index in [0.29, 0.717) is 49.7 Å². The quantitative estimate of drug-likeness (QED) is 0.384. The minimum atomic E-state index is -1.27. The lowest BCUT2D eigenvalue weighted by Crippen LogP contribution is -2.55. The lowest BCUT2D eigenvalue weighted by atomic mass is 9.77. The number of likely N-dealkylation sites (tertiary alicyclic amines) is 1. The number of aliphatic hydroxyl groups is 1. The summed E-state index contributed by atoms with van der Waals surface area (Å²) >= 11 is 6.11. The van der Waals surface area contributed by atoms with Crippen LogP contribution in [0.1, 0.15) is 24.8 Å². The summed E-state index contributed by atoms with van der Waals surface area (Å²) in [5.41, 5.74) is 0.414. The molecule has 4 aliphatic rings. The standard InChI is InChI=1S/C32H34ClN3O5/c33-23-12-14-24(15-13-23)35-19-8-16-32-27(30(39)36(28(32)31(35)40)18-5-2-6-20-37)26-25(41-32)11-7-17-34(29(26)38)21-22-9-3-1-4-10-22/h1,3-4,7-16,25-28,37H,2,5-6,17-21H2/t25-,26+,27-,28?,32-/m0/s1. The predicted octanol–water partition coefficient (Wildman–Crippen LogP) is 3.58. The van der Waals surface area contributed by atoms with Crippen LogP contribution in [0.2, 0.25) is 5.02 Å². The van der Waals surface area contributed by atoms with Gasteiger partial charge < -0.3 is 24.5 Å². The van der Waals surface area contributed by atoms with Gasteiger partial charge >= 0.3 is 0 Å². The van der Waals surface area contributed by atoms with E-state index in [0.717, 1.165) is 12.0 Å². The molecule has 0 saturated carbocycles. The second-order valence-electron chi connectivity index (χ2n) is 11.1. The molecular formula is C32H34ClN3O5. The molecule has 41 heavy (non-hydrogen) atoms. The first-order chi connectivity index (χ1) is 19.9. The Kier molecular flexibility index (Phi) is 7.72. The molecule has 3 amide bonds. The van der Waals surface area contributed by atoms with Crippen molar-refractivity contribution in [1.29, 1.82) is 0 Å². The topological polar surface area (TPSA) is 90.4 Å². The largest absolute Gasteiger partial charge is 0.396 e. The normalized spacial score (nSPS) is 28.9. The number of halogens is 1. The Morgan fingerprint density at radius 3 is 2.44 bits per heavy atom. The summed E-state index contributed by atoms with van der Waals surface area (Å²) < 4.78 is 6.72. The fourth-order valence-corrected chi connectivity index (χ4v) is 6.92. The number of hydrogen-bond donors (Lipinski definition) is 1. The number of carbonyl (C=O) groups is 3. The third-order valence-electron chi connectivity index (χ3n) is 8.65. The SMILES string of the molecule is O=C1[C@@H]2[C@H](C=CCN1Cc1ccccc1)O[C@]13C=CCN(c4ccc(Cl)cc4)C(=O)C1N(CCCCCO)C(=O)[C@H]23. The molecule has 6 rings (SSSR count). The van der Waals surface area contributed by atoms with E-state index in [4.69, 9.17) is 16.3 Å². The van der Waals surface area contributed by atoms with Gasteiger partial charge in [0.2, 0.25) is 11.8 Å². The van der Waals surface area contributed by atoms with Crippen molar-refractivity contribution in [2.24, 2.45) is 11.8 Å². The zero-order valence-electron chi connectivity index (χ0n) is 22.8. The molecule has 9 heteroatoms. The first kappa shape index (κ1) is 27.7. The average Bonchev–Trinajstić information content (AvgIpc) is 3.29. The maximum atomic E-state index is 14.4. The molecule has 1 unspecified atom stereocenters. The molecule has 4 aliphatic heterocycles. The van der Waals surface area contributed by atoms with Crippen molar-refractivity contribution >= 4 is 35.0 Å². The number of unbranched alkanes of at least 4 members (excludes halogenated alkanes) is 2. The van der Waals surface area contributed by atoms with Gasteiger partial charge in [-0.15, -0.1) is 0 Å². The molecule has 2 aromatic carbocycles. The van der Waals surface area contributed by atoms with Crippen molar-refractivity contribution < 1.29 is 24.2 Å². The number of benzene rings is 2. The van der Waals surface area contributed by atoms with E-state index in [1.807, 2.05) is 54.6 Å². The second-order valence-corrected chi connectivity index (χ2v) is 11.6. The van der Waals surface area contributed by atoms with E-state index in [2.05, 4.69) is 0 Å². The zero-order chi connectivity index (χ0) is 28.6. The second kappa shape index (κ2) is 11.4. The minimum Gasteiger partial charge on any atom is -0.396 e. The van der Waals surface area contributed by atoms with E-state index in [9.17, 15) is 19.5 Å². The van der Waals surface area contributed by atoms with Crippen LogP contribution in [0.5, 0.6) is 0 Å². The molecule has 0 radical (unpaired) electrons. The van der Waals surface area contributed by atoms with E-state index in [-0.39, 0.29) is 24.3 Å². The molecule has 4 heterocycles. The maximum Gasteiger partial charge on any atom is 0.253 e. The summed E-state index contributed by atoms with van der Waals surface area (Å²) in [6.07, 6.45) is 8.90. The fraction of sp³-hybridized carbons (Fsp3) is 0.406. The summed E-state index contributed by atoms with van der Waals surface area (Å²) in [4.78, 5) is 47.9. The highest BCUT2D eigenvalue weighted by atomic mass is 35.5. The molecule has 8 nitrogen and oxygen atoms in total. The van der Waals surface area contributed by atoms with Crippen LogP contribution in [0, 0.1) is 11.8 Å². The number of anilines is 1. The average molecular weight is 576 g/mol. The predicted molar refractivity (Wildman–Crippen MR) is 155 cm³/mol. The molecule has 1 spiro atoms. The number of carbonyl (C=O) groups excluding carboxylic acids is 3. The van der Waals surface area contributed by atoms with Crippen molar-refractivity contribution in [3.63, 3.8) is 0 Å². The number of rotatable bonds is 8. The lowest BCUT2D eigenvalue weighted by molar-refractivity contribution is -0.144. The van der Waals surface area contributed by atoms with Gasteiger partial charge in [-0.3, -0.25) is 14.4 Å². The zero-order valence-corrected chi connectivity index (χ0v) is 23.5. The van der Waals surface area contributed by atoms with Crippen LogP contribution in [-0.2, 0) is 25.7 Å². The van der Waals surface area contributed by atoms with Crippen LogP contribution in [-0.4, -0.2) is 76.6 Å². The molecule has 1 N–H and O–H groups in total. The van der Waals surface area contributed by atoms with Gasteiger partial charge in [0.15, 0.2) is 0 Å². The molecule has 2 saturated heterocycles. The van der Waals surface area contributed by atoms with Gasteiger partial charge in [0.1, 0.15) is 11.6 Å². The molecule has 5 atom stereocenters. The Labute approximate surface area is 244 Å². The van der Waals surface area contributed by atoms with Crippen molar-refractivity contribution in [2.45, 2.75) is 43.6 Å². The number of amides is 3. The van der Waals surface area contributed by atoms with E-state index in [1.54, 1.807) is 39.0 Å². The fourth-order valence-electron chi connectivity index (χ4n) is 6.80. The smallest absolute Gasteiger partial charge is 0.253 e. The Balaban J connectivity index is 1.37. The summed E-state index contributed by atoms with van der Waals surface area (Å²) in [7, 11) is 0. The van der Waals surface area contributed by atoms with Crippen molar-refractivity contribution in [3.05, 3.63) is 89.5 Å². The molecule has 0 aromatic heterocycles. The summed E-state index contributed by atoms with van der Waals surface area (Å²) in [6.45, 7) is 1.57. The Bertz CT molecular complexity index is 1360. The number of ether oxygens (including phenoxy) is 1. The molecular weight excluding hydrogens is 542 g/mol. The number of fused-ring (bicyclic) bond motifs is 2. The summed E-state index contributed by atoms with van der Waals surface area (Å²) in [5, 5.41) is 9.84. The number of aliphatic hydroxyl groups excluding tert-OH is 1. The van der Waals surface area contributed by atoms with Crippen LogP contribution in [0.3, 0.4) is 0 Å². The summed E-state index contributed by atoms with van der Waals surface area (Å²) in [6, 6.07) is 15.9. The van der Waals surface area contributed by atoms with Gasteiger partial charge in [-0.2, -0.15) is 0 Å². The molecule has 0 aliphatic carbocycles. The van der Waals surface area contributed by atoms with Crippen LogP contribution >= 0.6 is 11.6 Å². The van der Waals surface area contributed by atoms with Crippen LogP contribution in [0.25, 0.3) is 0 Å². The first-order valence-electron chi connectivity index (χ1n) is 14.3. The molecule has 2 aromatic rings. The Morgan fingerprint density at radius 1 is 0.902 bits per heavy atom. The number of nitrogens with zero attached hydrogens (tertiary/aromatic N) is 3. The van der Waals surface area contributed by atoms with Crippen LogP contribution in [0.4, 0.5) is 5.69 Å². The monoisotopic (exact) mass is 575 g/mol. The van der Waals surface area contributed by atoms with Crippen molar-refractivity contribution in [1.82, 2.24) is 9.80 Å². The molecule has 2 fully saturated rings. The van der Waals surface area contributed by atoms with E-state index in [1.165, 1.54) is 0 Å². The third kappa shape index (κ3) is 4.88. The summed E-state index contributed by atoms with van der Waals surface area (Å²) in [5.74, 6) is -2.18. The van der Waals surface area contributed by atoms with Crippen LogP contribution < -0.4 is 4.90 Å². The number of hydrogen-bond acceptors (Lipinski definition) is 5. The minimum absolute atomic E-state index is 0.0703. The highest BCUT2D eigenvalue weighted by Gasteiger charge is 2.71. The highest BCUT2D eigenvalue weighted by Crippen LogP contribution is 2.53. The van der Waals surface area contributed by atoms with Gasteiger partial charge in [-0.05, 0) is 49.1 Å². The molecule has 0 bridgehead atoms. The molecule has 214 valence electrons. The van der Waals surface area contributed by atoms with Gasteiger partial charge in [-0.1, -0.05) is 66.2 Å². The van der Waals surface area contributed by atoms with Gasteiger partial charge in [0.25, 0.3) is 5.91 Å². The van der Waals surface area contributed by atoms with Crippen LogP contribution in [0.15, 0.2) is 78.9 Å².